The van der Waals surface area contributed by atoms with Crippen LogP contribution in [0, 0.1) is 16.0 Å². The quantitative estimate of drug-likeness (QED) is 0.453. The Morgan fingerprint density at radius 2 is 2.12 bits per heavy atom. The largest absolute Gasteiger partial charge is 0.502 e. The third-order valence-electron chi connectivity index (χ3n) is 5.73. The molecule has 0 radical (unpaired) electrons. The van der Waals surface area contributed by atoms with Crippen LogP contribution in [0.1, 0.15) is 58.4 Å². The van der Waals surface area contributed by atoms with Gasteiger partial charge >= 0.3 is 5.69 Å². The lowest BCUT2D eigenvalue weighted by Gasteiger charge is -2.45. The maximum atomic E-state index is 10.9. The van der Waals surface area contributed by atoms with E-state index in [9.17, 15) is 15.2 Å². The van der Waals surface area contributed by atoms with Crippen LogP contribution in [0.15, 0.2) is 18.2 Å². The Kier molecular flexibility index (Phi) is 6.21. The van der Waals surface area contributed by atoms with E-state index >= 15 is 0 Å². The summed E-state index contributed by atoms with van der Waals surface area (Å²) >= 11 is 0. The van der Waals surface area contributed by atoms with Crippen LogP contribution < -0.4 is 0 Å². The monoisotopic (exact) mass is 334 g/mol. The molecule has 1 saturated heterocycles. The molecule has 0 unspecified atom stereocenters. The zero-order valence-corrected chi connectivity index (χ0v) is 15.1. The van der Waals surface area contributed by atoms with E-state index in [1.165, 1.54) is 31.7 Å². The number of unbranched alkanes of at least 4 members (excludes halogenated alkanes) is 3. The average Bonchev–Trinajstić information content (AvgIpc) is 2.54. The smallest absolute Gasteiger partial charge is 0.310 e. The Labute approximate surface area is 144 Å². The zero-order valence-electron chi connectivity index (χ0n) is 15.1. The van der Waals surface area contributed by atoms with Gasteiger partial charge in [0, 0.05) is 12.6 Å². The van der Waals surface area contributed by atoms with Crippen molar-refractivity contribution in [2.45, 2.75) is 58.3 Å². The minimum absolute atomic E-state index is 0.0491. The second-order valence-corrected chi connectivity index (χ2v) is 7.39. The first kappa shape index (κ1) is 18.7. The van der Waals surface area contributed by atoms with Gasteiger partial charge in [-0.05, 0) is 48.9 Å². The molecule has 24 heavy (non-hydrogen) atoms. The molecule has 1 heterocycles. The molecule has 0 aliphatic carbocycles. The van der Waals surface area contributed by atoms with Gasteiger partial charge < -0.3 is 10.0 Å². The Balaban J connectivity index is 2.03. The van der Waals surface area contributed by atoms with Gasteiger partial charge in [0.1, 0.15) is 0 Å². The number of benzene rings is 1. The summed E-state index contributed by atoms with van der Waals surface area (Å²) in [5.74, 6) is 0.214. The molecule has 0 amide bonds. The predicted octanol–water partition coefficient (Wildman–Crippen LogP) is 4.48. The van der Waals surface area contributed by atoms with Gasteiger partial charge in [0.15, 0.2) is 5.75 Å². The van der Waals surface area contributed by atoms with Gasteiger partial charge in [0.05, 0.1) is 4.92 Å². The molecule has 1 fully saturated rings. The van der Waals surface area contributed by atoms with Crippen molar-refractivity contribution in [3.8, 4) is 5.75 Å². The summed E-state index contributed by atoms with van der Waals surface area (Å²) in [6.07, 6.45) is 6.14. The highest BCUT2D eigenvalue weighted by molar-refractivity contribution is 5.49. The molecule has 2 atom stereocenters. The van der Waals surface area contributed by atoms with E-state index in [1.54, 1.807) is 6.07 Å². The standard InChI is InChI=1S/C19H30N2O3/c1-4-5-6-7-11-20-12-10-19(3,15(2)14-20)16-8-9-17(21(23)24)18(22)13-16/h8-9,13,15,22H,4-7,10-12,14H2,1-3H3/t15-,19-/m0/s1. The van der Waals surface area contributed by atoms with E-state index in [0.29, 0.717) is 5.92 Å². The molecule has 134 valence electrons. The van der Waals surface area contributed by atoms with Crippen molar-refractivity contribution < 1.29 is 10.0 Å². The summed E-state index contributed by atoms with van der Waals surface area (Å²) in [6, 6.07) is 4.83. The van der Waals surface area contributed by atoms with Crippen LogP contribution in [0.4, 0.5) is 5.69 Å². The van der Waals surface area contributed by atoms with Gasteiger partial charge in [-0.2, -0.15) is 0 Å². The van der Waals surface area contributed by atoms with Gasteiger partial charge in [-0.1, -0.05) is 46.1 Å². The van der Waals surface area contributed by atoms with Crippen molar-refractivity contribution in [2.75, 3.05) is 19.6 Å². The van der Waals surface area contributed by atoms with Crippen molar-refractivity contribution >= 4 is 5.69 Å². The fourth-order valence-electron chi connectivity index (χ4n) is 3.74. The molecule has 2 rings (SSSR count). The summed E-state index contributed by atoms with van der Waals surface area (Å²) < 4.78 is 0. The maximum absolute atomic E-state index is 10.9. The van der Waals surface area contributed by atoms with Gasteiger partial charge in [-0.25, -0.2) is 0 Å². The lowest BCUT2D eigenvalue weighted by atomic mass is 9.68. The summed E-state index contributed by atoms with van der Waals surface area (Å²) in [6.45, 7) is 9.94. The molecule has 0 bridgehead atoms. The molecule has 0 aromatic heterocycles. The summed E-state index contributed by atoms with van der Waals surface area (Å²) in [7, 11) is 0. The van der Waals surface area contributed by atoms with Crippen molar-refractivity contribution in [2.24, 2.45) is 5.92 Å². The molecule has 1 aliphatic heterocycles. The van der Waals surface area contributed by atoms with Gasteiger partial charge in [-0.15, -0.1) is 0 Å². The Morgan fingerprint density at radius 3 is 2.71 bits per heavy atom. The van der Waals surface area contributed by atoms with Crippen LogP contribution >= 0.6 is 0 Å². The van der Waals surface area contributed by atoms with Gasteiger partial charge in [0.2, 0.25) is 0 Å². The maximum Gasteiger partial charge on any atom is 0.310 e. The number of hydrogen-bond donors (Lipinski definition) is 1. The van der Waals surface area contributed by atoms with Crippen LogP contribution in [0.5, 0.6) is 5.75 Å². The highest BCUT2D eigenvalue weighted by atomic mass is 16.6. The van der Waals surface area contributed by atoms with E-state index in [4.69, 9.17) is 0 Å². The number of nitrogens with zero attached hydrogens (tertiary/aromatic N) is 2. The van der Waals surface area contributed by atoms with Gasteiger partial charge in [-0.3, -0.25) is 10.1 Å². The highest BCUT2D eigenvalue weighted by Gasteiger charge is 2.38. The number of hydrogen-bond acceptors (Lipinski definition) is 4. The minimum atomic E-state index is -0.538. The first-order valence-corrected chi connectivity index (χ1v) is 9.08. The SMILES string of the molecule is CCCCCCN1CC[C@](C)(c2ccc([N+](=O)[O-])c(O)c2)[C@@H](C)C1. The van der Waals surface area contributed by atoms with Crippen molar-refractivity contribution in [3.05, 3.63) is 33.9 Å². The number of phenols is 1. The highest BCUT2D eigenvalue weighted by Crippen LogP contribution is 2.42. The predicted molar refractivity (Wildman–Crippen MR) is 96.5 cm³/mol. The lowest BCUT2D eigenvalue weighted by Crippen LogP contribution is -2.47. The van der Waals surface area contributed by atoms with Crippen molar-refractivity contribution in [1.29, 1.82) is 0 Å². The fraction of sp³-hybridized carbons (Fsp3) is 0.684. The normalized spacial score (nSPS) is 24.9. The number of likely N-dealkylation sites (tertiary alicyclic amines) is 1. The van der Waals surface area contributed by atoms with Crippen molar-refractivity contribution in [1.82, 2.24) is 4.90 Å². The van der Waals surface area contributed by atoms with Crippen LogP contribution in [0.2, 0.25) is 0 Å². The Morgan fingerprint density at radius 1 is 1.38 bits per heavy atom. The number of aromatic hydroxyl groups is 1. The zero-order chi connectivity index (χ0) is 17.7. The van der Waals surface area contributed by atoms with Gasteiger partial charge in [0.25, 0.3) is 0 Å². The number of phenolic OH excluding ortho intramolecular Hbond substituents is 1. The summed E-state index contributed by atoms with van der Waals surface area (Å²) in [5.41, 5.74) is 0.735. The minimum Gasteiger partial charge on any atom is -0.502 e. The molecule has 0 spiro atoms. The summed E-state index contributed by atoms with van der Waals surface area (Å²) in [5, 5.41) is 20.8. The van der Waals surface area contributed by atoms with E-state index < -0.39 is 4.92 Å². The molecule has 1 aromatic rings. The van der Waals surface area contributed by atoms with E-state index in [-0.39, 0.29) is 16.9 Å². The number of rotatable bonds is 7. The van der Waals surface area contributed by atoms with E-state index in [1.807, 2.05) is 6.07 Å². The average molecular weight is 334 g/mol. The molecule has 1 N–H and O–H groups in total. The van der Waals surface area contributed by atoms with Crippen LogP contribution in [-0.2, 0) is 5.41 Å². The van der Waals surface area contributed by atoms with E-state index in [2.05, 4.69) is 25.7 Å². The van der Waals surface area contributed by atoms with Crippen molar-refractivity contribution in [3.63, 3.8) is 0 Å². The summed E-state index contributed by atoms with van der Waals surface area (Å²) in [4.78, 5) is 12.9. The Hall–Kier alpha value is -1.62. The number of piperidine rings is 1. The molecular weight excluding hydrogens is 304 g/mol. The second-order valence-electron chi connectivity index (χ2n) is 7.39. The molecule has 1 aromatic carbocycles. The van der Waals surface area contributed by atoms with E-state index in [0.717, 1.165) is 31.6 Å². The molecule has 1 aliphatic rings. The molecule has 0 saturated carbocycles. The molecular formula is C19H30N2O3. The number of nitro benzene ring substituents is 1. The third kappa shape index (κ3) is 4.07. The second kappa shape index (κ2) is 7.97. The third-order valence-corrected chi connectivity index (χ3v) is 5.73. The first-order valence-electron chi connectivity index (χ1n) is 9.08. The lowest BCUT2D eigenvalue weighted by molar-refractivity contribution is -0.385. The molecule has 5 heteroatoms. The number of nitro groups is 1. The topological polar surface area (TPSA) is 66.6 Å². The van der Waals surface area contributed by atoms with Crippen LogP contribution in [-0.4, -0.2) is 34.6 Å². The molecule has 5 nitrogen and oxygen atoms in total. The van der Waals surface area contributed by atoms with Crippen LogP contribution in [0.3, 0.4) is 0 Å². The Bertz CT molecular complexity index is 576. The van der Waals surface area contributed by atoms with Crippen LogP contribution in [0.25, 0.3) is 0 Å². The fourth-order valence-corrected chi connectivity index (χ4v) is 3.74. The first-order chi connectivity index (χ1) is 11.4.